The minimum absolute atomic E-state index is 0.857. The smallest absolute Gasteiger partial charge is 0.150 e. The van der Waals surface area contributed by atoms with Gasteiger partial charge in [0.05, 0.1) is 6.54 Å². The number of aromatic amines is 1. The van der Waals surface area contributed by atoms with Crippen molar-refractivity contribution in [2.45, 2.75) is 33.2 Å². The first-order valence-corrected chi connectivity index (χ1v) is 8.04. The van der Waals surface area contributed by atoms with Gasteiger partial charge < -0.3 is 4.90 Å². The quantitative estimate of drug-likeness (QED) is 0.932. The van der Waals surface area contributed by atoms with E-state index in [2.05, 4.69) is 49.0 Å². The molecule has 1 saturated heterocycles. The van der Waals surface area contributed by atoms with Crippen LogP contribution in [0, 0.1) is 6.92 Å². The summed E-state index contributed by atoms with van der Waals surface area (Å²) in [6.07, 6.45) is 3.94. The topological polar surface area (TPSA) is 60.9 Å². The molecular formula is C16H24N6. The van der Waals surface area contributed by atoms with E-state index >= 15 is 0 Å². The molecule has 0 bridgehead atoms. The van der Waals surface area contributed by atoms with Crippen molar-refractivity contribution in [2.24, 2.45) is 0 Å². The first-order chi connectivity index (χ1) is 10.7. The van der Waals surface area contributed by atoms with Gasteiger partial charge in [-0.1, -0.05) is 6.92 Å². The summed E-state index contributed by atoms with van der Waals surface area (Å²) in [4.78, 5) is 13.7. The van der Waals surface area contributed by atoms with Crippen LogP contribution in [0.4, 0.5) is 5.69 Å². The van der Waals surface area contributed by atoms with Crippen molar-refractivity contribution in [3.63, 3.8) is 0 Å². The molecule has 1 N–H and O–H groups in total. The fraction of sp³-hybridized carbons (Fsp3) is 0.562. The molecule has 0 aliphatic carbocycles. The van der Waals surface area contributed by atoms with Gasteiger partial charge in [0.1, 0.15) is 11.6 Å². The average molecular weight is 300 g/mol. The SMILES string of the molecule is CCc1n[nH]c(CN2CCCN(c3ccnc(C)c3)CC2)n1. The zero-order valence-electron chi connectivity index (χ0n) is 13.4. The van der Waals surface area contributed by atoms with Crippen LogP contribution < -0.4 is 4.90 Å². The third kappa shape index (κ3) is 3.62. The molecule has 118 valence electrons. The lowest BCUT2D eigenvalue weighted by Crippen LogP contribution is -2.30. The Morgan fingerprint density at radius 3 is 2.91 bits per heavy atom. The molecule has 6 nitrogen and oxygen atoms in total. The maximum Gasteiger partial charge on any atom is 0.150 e. The molecule has 22 heavy (non-hydrogen) atoms. The molecular weight excluding hydrogens is 276 g/mol. The van der Waals surface area contributed by atoms with Crippen molar-refractivity contribution < 1.29 is 0 Å². The Labute approximate surface area is 131 Å². The monoisotopic (exact) mass is 300 g/mol. The Morgan fingerprint density at radius 2 is 2.14 bits per heavy atom. The highest BCUT2D eigenvalue weighted by Gasteiger charge is 2.16. The highest BCUT2D eigenvalue weighted by molar-refractivity contribution is 5.46. The van der Waals surface area contributed by atoms with Crippen LogP contribution in [0.15, 0.2) is 18.3 Å². The van der Waals surface area contributed by atoms with Gasteiger partial charge in [-0.3, -0.25) is 15.0 Å². The number of aryl methyl sites for hydroxylation is 2. The van der Waals surface area contributed by atoms with Crippen molar-refractivity contribution >= 4 is 5.69 Å². The molecule has 1 fully saturated rings. The van der Waals surface area contributed by atoms with E-state index in [1.165, 1.54) is 5.69 Å². The van der Waals surface area contributed by atoms with Crippen molar-refractivity contribution in [2.75, 3.05) is 31.1 Å². The summed E-state index contributed by atoms with van der Waals surface area (Å²) in [7, 11) is 0. The van der Waals surface area contributed by atoms with E-state index in [1.54, 1.807) is 0 Å². The number of rotatable bonds is 4. The zero-order chi connectivity index (χ0) is 15.4. The van der Waals surface area contributed by atoms with Crippen molar-refractivity contribution in [1.82, 2.24) is 25.1 Å². The molecule has 0 amide bonds. The highest BCUT2D eigenvalue weighted by Crippen LogP contribution is 2.17. The number of anilines is 1. The van der Waals surface area contributed by atoms with Crippen LogP contribution in [0.3, 0.4) is 0 Å². The summed E-state index contributed by atoms with van der Waals surface area (Å²) < 4.78 is 0. The summed E-state index contributed by atoms with van der Waals surface area (Å²) >= 11 is 0. The second-order valence-electron chi connectivity index (χ2n) is 5.82. The summed E-state index contributed by atoms with van der Waals surface area (Å²) in [6, 6.07) is 4.27. The fourth-order valence-electron chi connectivity index (χ4n) is 2.89. The van der Waals surface area contributed by atoms with Crippen molar-refractivity contribution in [3.8, 4) is 0 Å². The molecule has 1 aliphatic heterocycles. The Balaban J connectivity index is 1.60. The first-order valence-electron chi connectivity index (χ1n) is 8.04. The third-order valence-corrected chi connectivity index (χ3v) is 4.10. The molecule has 0 saturated carbocycles. The molecule has 0 spiro atoms. The largest absolute Gasteiger partial charge is 0.370 e. The van der Waals surface area contributed by atoms with Gasteiger partial charge in [-0.05, 0) is 25.5 Å². The second kappa shape index (κ2) is 6.87. The standard InChI is InChI=1S/C16H24N6/c1-3-15-18-16(20-19-15)12-21-7-4-8-22(10-9-21)14-5-6-17-13(2)11-14/h5-6,11H,3-4,7-10,12H2,1-2H3,(H,18,19,20). The summed E-state index contributed by atoms with van der Waals surface area (Å²) in [5.41, 5.74) is 2.36. The maximum atomic E-state index is 4.51. The number of hydrogen-bond acceptors (Lipinski definition) is 5. The molecule has 0 unspecified atom stereocenters. The molecule has 6 heteroatoms. The Hall–Kier alpha value is -1.95. The third-order valence-electron chi connectivity index (χ3n) is 4.10. The second-order valence-corrected chi connectivity index (χ2v) is 5.82. The lowest BCUT2D eigenvalue weighted by atomic mass is 10.3. The van der Waals surface area contributed by atoms with E-state index in [0.717, 1.165) is 62.9 Å². The van der Waals surface area contributed by atoms with Crippen LogP contribution in [0.1, 0.15) is 30.7 Å². The molecule has 0 aromatic carbocycles. The van der Waals surface area contributed by atoms with E-state index in [4.69, 9.17) is 0 Å². The van der Waals surface area contributed by atoms with Gasteiger partial charge in [0.25, 0.3) is 0 Å². The lowest BCUT2D eigenvalue weighted by molar-refractivity contribution is 0.278. The minimum Gasteiger partial charge on any atom is -0.370 e. The predicted octanol–water partition coefficient (Wildman–Crippen LogP) is 1.78. The highest BCUT2D eigenvalue weighted by atomic mass is 15.3. The molecule has 2 aromatic rings. The minimum atomic E-state index is 0.857. The van der Waals surface area contributed by atoms with Crippen molar-refractivity contribution in [1.29, 1.82) is 0 Å². The van der Waals surface area contributed by atoms with E-state index in [-0.39, 0.29) is 0 Å². The number of H-pyrrole nitrogens is 1. The van der Waals surface area contributed by atoms with Crippen LogP contribution in [-0.4, -0.2) is 51.2 Å². The summed E-state index contributed by atoms with van der Waals surface area (Å²) in [6.45, 7) is 9.26. The fourth-order valence-corrected chi connectivity index (χ4v) is 2.89. The van der Waals surface area contributed by atoms with Gasteiger partial charge in [0.15, 0.2) is 0 Å². The van der Waals surface area contributed by atoms with E-state index in [9.17, 15) is 0 Å². The molecule has 3 heterocycles. The van der Waals surface area contributed by atoms with Gasteiger partial charge in [-0.25, -0.2) is 4.98 Å². The van der Waals surface area contributed by atoms with Crippen LogP contribution in [-0.2, 0) is 13.0 Å². The molecule has 3 rings (SSSR count). The van der Waals surface area contributed by atoms with E-state index < -0.39 is 0 Å². The van der Waals surface area contributed by atoms with Crippen LogP contribution in [0.25, 0.3) is 0 Å². The number of nitrogens with zero attached hydrogens (tertiary/aromatic N) is 5. The Bertz CT molecular complexity index is 608. The lowest BCUT2D eigenvalue weighted by Gasteiger charge is -2.23. The number of nitrogens with one attached hydrogen (secondary N) is 1. The molecule has 1 aliphatic rings. The van der Waals surface area contributed by atoms with E-state index in [0.29, 0.717) is 0 Å². The van der Waals surface area contributed by atoms with Crippen LogP contribution in [0.5, 0.6) is 0 Å². The number of pyridine rings is 1. The van der Waals surface area contributed by atoms with E-state index in [1.807, 2.05) is 13.1 Å². The Morgan fingerprint density at radius 1 is 1.23 bits per heavy atom. The van der Waals surface area contributed by atoms with Gasteiger partial charge in [0.2, 0.25) is 0 Å². The van der Waals surface area contributed by atoms with Gasteiger partial charge >= 0.3 is 0 Å². The van der Waals surface area contributed by atoms with Gasteiger partial charge in [-0.15, -0.1) is 0 Å². The van der Waals surface area contributed by atoms with Crippen molar-refractivity contribution in [3.05, 3.63) is 35.7 Å². The van der Waals surface area contributed by atoms with Crippen LogP contribution >= 0.6 is 0 Å². The van der Waals surface area contributed by atoms with Gasteiger partial charge in [0, 0.05) is 50.2 Å². The predicted molar refractivity (Wildman–Crippen MR) is 86.8 cm³/mol. The average Bonchev–Trinajstić information content (AvgIpc) is 2.84. The molecule has 2 aromatic heterocycles. The molecule has 0 atom stereocenters. The normalized spacial score (nSPS) is 16.7. The zero-order valence-corrected chi connectivity index (χ0v) is 13.4. The number of hydrogen-bond donors (Lipinski definition) is 1. The molecule has 0 radical (unpaired) electrons. The first kappa shape index (κ1) is 15.0. The Kier molecular flexibility index (Phi) is 4.68. The summed E-state index contributed by atoms with van der Waals surface area (Å²) in [5, 5.41) is 7.27. The maximum absolute atomic E-state index is 4.51. The number of aromatic nitrogens is 4. The summed E-state index contributed by atoms with van der Waals surface area (Å²) in [5.74, 6) is 1.88. The van der Waals surface area contributed by atoms with Crippen LogP contribution in [0.2, 0.25) is 0 Å². The van der Waals surface area contributed by atoms with Gasteiger partial charge in [-0.2, -0.15) is 5.10 Å².